The lowest BCUT2D eigenvalue weighted by Gasteiger charge is -2.08. The molecule has 154 valence electrons. The van der Waals surface area contributed by atoms with Crippen LogP contribution in [0.3, 0.4) is 0 Å². The first-order valence-electron chi connectivity index (χ1n) is 8.91. The Labute approximate surface area is 183 Å². The van der Waals surface area contributed by atoms with Gasteiger partial charge in [0.15, 0.2) is 5.78 Å². The molecule has 0 amide bonds. The molecule has 7 nitrogen and oxygen atoms in total. The molecule has 0 atom stereocenters. The van der Waals surface area contributed by atoms with Crippen molar-refractivity contribution in [3.05, 3.63) is 88.3 Å². The molecule has 30 heavy (non-hydrogen) atoms. The van der Waals surface area contributed by atoms with Gasteiger partial charge in [-0.05, 0) is 68.4 Å². The third-order valence-electron chi connectivity index (χ3n) is 3.99. The highest BCUT2D eigenvalue weighted by atomic mass is 79.9. The zero-order valence-corrected chi connectivity index (χ0v) is 18.7. The van der Waals surface area contributed by atoms with Gasteiger partial charge in [0.1, 0.15) is 0 Å². The predicted octanol–water partition coefficient (Wildman–Crippen LogP) is 4.47. The topological polar surface area (TPSA) is 101 Å². The Morgan fingerprint density at radius 1 is 0.967 bits per heavy atom. The zero-order chi connectivity index (χ0) is 21.7. The Balaban J connectivity index is 1.65. The average molecular weight is 487 g/mol. The molecule has 0 aliphatic rings. The second kappa shape index (κ2) is 9.19. The highest BCUT2D eigenvalue weighted by Crippen LogP contribution is 2.17. The molecule has 0 bridgehead atoms. The zero-order valence-electron chi connectivity index (χ0n) is 16.3. The number of nitrogens with one attached hydrogen (secondary N) is 2. The number of halogens is 1. The SMILES string of the molecule is Cc1cc(C)nc(NS(=O)(=O)c2ccc(NC=CC(=O)c3ccc(Br)cc3)cc2)n1. The van der Waals surface area contributed by atoms with E-state index >= 15 is 0 Å². The number of carbonyl (C=O) groups is 1. The molecule has 0 unspecified atom stereocenters. The van der Waals surface area contributed by atoms with E-state index in [1.54, 1.807) is 56.3 Å². The van der Waals surface area contributed by atoms with E-state index in [2.05, 4.69) is 35.9 Å². The third kappa shape index (κ3) is 5.74. The van der Waals surface area contributed by atoms with E-state index in [1.165, 1.54) is 24.4 Å². The maximum atomic E-state index is 12.5. The van der Waals surface area contributed by atoms with Gasteiger partial charge in [-0.3, -0.25) is 4.79 Å². The van der Waals surface area contributed by atoms with Gasteiger partial charge in [0.2, 0.25) is 5.95 Å². The molecule has 0 spiro atoms. The number of allylic oxidation sites excluding steroid dienone is 1. The molecule has 3 aromatic rings. The van der Waals surface area contributed by atoms with E-state index in [1.807, 2.05) is 0 Å². The molecule has 0 saturated carbocycles. The number of carbonyl (C=O) groups excluding carboxylic acids is 1. The number of aryl methyl sites for hydroxylation is 2. The Morgan fingerprint density at radius 3 is 2.17 bits per heavy atom. The average Bonchev–Trinajstić information content (AvgIpc) is 2.67. The van der Waals surface area contributed by atoms with Gasteiger partial charge in [-0.25, -0.2) is 23.1 Å². The summed E-state index contributed by atoms with van der Waals surface area (Å²) in [5.74, 6) is -0.115. The van der Waals surface area contributed by atoms with Crippen molar-refractivity contribution in [2.45, 2.75) is 18.7 Å². The molecule has 3 rings (SSSR count). The number of rotatable bonds is 7. The summed E-state index contributed by atoms with van der Waals surface area (Å²) in [4.78, 5) is 20.4. The minimum Gasteiger partial charge on any atom is -0.362 e. The summed E-state index contributed by atoms with van der Waals surface area (Å²) in [7, 11) is -3.82. The fourth-order valence-electron chi connectivity index (χ4n) is 2.60. The molecule has 0 fully saturated rings. The molecule has 2 N–H and O–H groups in total. The van der Waals surface area contributed by atoms with Gasteiger partial charge in [-0.1, -0.05) is 15.9 Å². The number of benzene rings is 2. The van der Waals surface area contributed by atoms with E-state index in [0.29, 0.717) is 22.6 Å². The van der Waals surface area contributed by atoms with Gasteiger partial charge >= 0.3 is 0 Å². The van der Waals surface area contributed by atoms with Crippen LogP contribution in [-0.2, 0) is 10.0 Å². The quantitative estimate of drug-likeness (QED) is 0.377. The smallest absolute Gasteiger partial charge is 0.264 e. The molecular weight excluding hydrogens is 468 g/mol. The highest BCUT2D eigenvalue weighted by molar-refractivity contribution is 9.10. The molecule has 1 heterocycles. The van der Waals surface area contributed by atoms with Crippen LogP contribution in [0.25, 0.3) is 0 Å². The largest absolute Gasteiger partial charge is 0.362 e. The van der Waals surface area contributed by atoms with Gasteiger partial charge in [-0.2, -0.15) is 0 Å². The summed E-state index contributed by atoms with van der Waals surface area (Å²) >= 11 is 3.33. The Kier molecular flexibility index (Phi) is 6.63. The number of nitrogens with zero attached hydrogens (tertiary/aromatic N) is 2. The molecular formula is C21H19BrN4O3S. The summed E-state index contributed by atoms with van der Waals surface area (Å²) < 4.78 is 28.4. The Bertz CT molecular complexity index is 1170. The van der Waals surface area contributed by atoms with Crippen LogP contribution in [-0.4, -0.2) is 24.2 Å². The minimum atomic E-state index is -3.82. The van der Waals surface area contributed by atoms with Gasteiger partial charge in [-0.15, -0.1) is 0 Å². The lowest BCUT2D eigenvalue weighted by atomic mass is 10.1. The van der Waals surface area contributed by atoms with Crippen LogP contribution in [0.4, 0.5) is 11.6 Å². The molecule has 0 aliphatic carbocycles. The van der Waals surface area contributed by atoms with Crippen LogP contribution in [0.2, 0.25) is 0 Å². The molecule has 2 aromatic carbocycles. The van der Waals surface area contributed by atoms with E-state index in [4.69, 9.17) is 0 Å². The summed E-state index contributed by atoms with van der Waals surface area (Å²) in [5, 5.41) is 2.95. The molecule has 0 aliphatic heterocycles. The van der Waals surface area contributed by atoms with Crippen molar-refractivity contribution in [3.8, 4) is 0 Å². The van der Waals surface area contributed by atoms with Crippen LogP contribution in [0.1, 0.15) is 21.7 Å². The number of anilines is 2. The van der Waals surface area contributed by atoms with Crippen molar-refractivity contribution in [2.24, 2.45) is 0 Å². The molecule has 0 radical (unpaired) electrons. The number of sulfonamides is 1. The third-order valence-corrected chi connectivity index (χ3v) is 5.86. The van der Waals surface area contributed by atoms with Gasteiger partial charge in [0, 0.05) is 39.4 Å². The first kappa shape index (κ1) is 21.7. The van der Waals surface area contributed by atoms with Crippen LogP contribution in [0, 0.1) is 13.8 Å². The first-order chi connectivity index (χ1) is 14.2. The fourth-order valence-corrected chi connectivity index (χ4v) is 3.81. The van der Waals surface area contributed by atoms with Crippen LogP contribution in [0.5, 0.6) is 0 Å². The molecule has 0 saturated heterocycles. The highest BCUT2D eigenvalue weighted by Gasteiger charge is 2.16. The van der Waals surface area contributed by atoms with Gasteiger partial charge in [0.25, 0.3) is 10.0 Å². The first-order valence-corrected chi connectivity index (χ1v) is 11.2. The lowest BCUT2D eigenvalue weighted by molar-refractivity contribution is 0.104. The van der Waals surface area contributed by atoms with Crippen molar-refractivity contribution in [1.29, 1.82) is 0 Å². The summed E-state index contributed by atoms with van der Waals surface area (Å²) in [6.07, 6.45) is 2.92. The lowest BCUT2D eigenvalue weighted by Crippen LogP contribution is -2.15. The summed E-state index contributed by atoms with van der Waals surface area (Å²) in [6, 6.07) is 14.9. The Morgan fingerprint density at radius 2 is 1.57 bits per heavy atom. The predicted molar refractivity (Wildman–Crippen MR) is 120 cm³/mol. The fraction of sp³-hybridized carbons (Fsp3) is 0.0952. The van der Waals surface area contributed by atoms with Crippen molar-refractivity contribution in [3.63, 3.8) is 0 Å². The van der Waals surface area contributed by atoms with Gasteiger partial charge < -0.3 is 5.32 Å². The van der Waals surface area contributed by atoms with E-state index in [-0.39, 0.29) is 16.6 Å². The minimum absolute atomic E-state index is 0.0316. The van der Waals surface area contributed by atoms with Gasteiger partial charge in [0.05, 0.1) is 4.90 Å². The van der Waals surface area contributed by atoms with Crippen LogP contribution >= 0.6 is 15.9 Å². The van der Waals surface area contributed by atoms with Crippen LogP contribution in [0.15, 0.2) is 76.2 Å². The summed E-state index contributed by atoms with van der Waals surface area (Å²) in [6.45, 7) is 3.53. The maximum absolute atomic E-state index is 12.5. The number of hydrogen-bond acceptors (Lipinski definition) is 6. The van der Waals surface area contributed by atoms with Crippen molar-refractivity contribution < 1.29 is 13.2 Å². The van der Waals surface area contributed by atoms with E-state index in [0.717, 1.165) is 4.47 Å². The van der Waals surface area contributed by atoms with Crippen molar-refractivity contribution in [2.75, 3.05) is 10.0 Å². The van der Waals surface area contributed by atoms with E-state index < -0.39 is 10.0 Å². The van der Waals surface area contributed by atoms with Crippen molar-refractivity contribution in [1.82, 2.24) is 9.97 Å². The maximum Gasteiger partial charge on any atom is 0.264 e. The number of hydrogen-bond donors (Lipinski definition) is 2. The van der Waals surface area contributed by atoms with Crippen LogP contribution < -0.4 is 10.0 Å². The number of ketones is 1. The Hall–Kier alpha value is -3.04. The van der Waals surface area contributed by atoms with Crippen molar-refractivity contribution >= 4 is 43.4 Å². The normalized spacial score (nSPS) is 11.4. The second-order valence-corrected chi connectivity index (χ2v) is 9.05. The second-order valence-electron chi connectivity index (χ2n) is 6.45. The number of aromatic nitrogens is 2. The monoisotopic (exact) mass is 486 g/mol. The van der Waals surface area contributed by atoms with E-state index in [9.17, 15) is 13.2 Å². The standard InChI is InChI=1S/C21H19BrN4O3S/c1-14-13-15(2)25-21(24-14)26-30(28,29)19-9-7-18(8-10-19)23-12-11-20(27)16-3-5-17(22)6-4-16/h3-13,23H,1-2H3,(H,24,25,26). The molecule has 1 aromatic heterocycles. The summed E-state index contributed by atoms with van der Waals surface area (Å²) in [5.41, 5.74) is 2.54. The molecule has 9 heteroatoms.